The van der Waals surface area contributed by atoms with Crippen LogP contribution >= 0.6 is 0 Å². The molecule has 1 aliphatic carbocycles. The smallest absolute Gasteiger partial charge is 0.410 e. The SMILES string of the molecule is NC1(CN2CCOC2=O)CCC1. The predicted octanol–water partition coefficient (Wildman–Crippen LogP) is 0.320. The maximum Gasteiger partial charge on any atom is 0.410 e. The standard InChI is InChI=1S/C8H14N2O2/c9-8(2-1-3-8)6-10-4-5-12-7(10)11/h1-6,9H2. The van der Waals surface area contributed by atoms with Gasteiger partial charge in [-0.2, -0.15) is 0 Å². The second kappa shape index (κ2) is 2.62. The van der Waals surface area contributed by atoms with Gasteiger partial charge < -0.3 is 15.4 Å². The number of rotatable bonds is 2. The first kappa shape index (κ1) is 7.86. The molecule has 0 spiro atoms. The normalized spacial score (nSPS) is 26.8. The topological polar surface area (TPSA) is 55.6 Å². The van der Waals surface area contributed by atoms with Crippen molar-refractivity contribution in [2.75, 3.05) is 19.7 Å². The highest BCUT2D eigenvalue weighted by atomic mass is 16.6. The van der Waals surface area contributed by atoms with Crippen molar-refractivity contribution in [3.05, 3.63) is 0 Å². The summed E-state index contributed by atoms with van der Waals surface area (Å²) in [6.07, 6.45) is 3.07. The Balaban J connectivity index is 1.89. The minimum atomic E-state index is -0.202. The number of ether oxygens (including phenoxy) is 1. The fourth-order valence-electron chi connectivity index (χ4n) is 1.74. The molecule has 1 saturated carbocycles. The maximum atomic E-state index is 11.0. The molecule has 1 heterocycles. The van der Waals surface area contributed by atoms with Gasteiger partial charge in [0, 0.05) is 12.1 Å². The van der Waals surface area contributed by atoms with E-state index in [4.69, 9.17) is 10.5 Å². The largest absolute Gasteiger partial charge is 0.448 e. The zero-order valence-corrected chi connectivity index (χ0v) is 7.08. The van der Waals surface area contributed by atoms with Crippen molar-refractivity contribution in [1.29, 1.82) is 0 Å². The molecule has 2 fully saturated rings. The van der Waals surface area contributed by atoms with E-state index in [0.717, 1.165) is 12.8 Å². The van der Waals surface area contributed by atoms with Crippen LogP contribution in [0.2, 0.25) is 0 Å². The molecular formula is C8H14N2O2. The van der Waals surface area contributed by atoms with E-state index >= 15 is 0 Å². The summed E-state index contributed by atoms with van der Waals surface area (Å²) in [6.45, 7) is 1.90. The number of cyclic esters (lactones) is 1. The zero-order chi connectivity index (χ0) is 8.60. The minimum Gasteiger partial charge on any atom is -0.448 e. The van der Waals surface area contributed by atoms with Gasteiger partial charge in [0.05, 0.1) is 6.54 Å². The van der Waals surface area contributed by atoms with E-state index < -0.39 is 0 Å². The van der Waals surface area contributed by atoms with Crippen molar-refractivity contribution in [3.63, 3.8) is 0 Å². The van der Waals surface area contributed by atoms with Crippen LogP contribution in [-0.2, 0) is 4.74 Å². The highest BCUT2D eigenvalue weighted by Gasteiger charge is 2.37. The number of amides is 1. The summed E-state index contributed by atoms with van der Waals surface area (Å²) in [5, 5.41) is 0. The van der Waals surface area contributed by atoms with Crippen LogP contribution in [0.4, 0.5) is 4.79 Å². The number of hydrogen-bond acceptors (Lipinski definition) is 3. The van der Waals surface area contributed by atoms with Gasteiger partial charge in [0.1, 0.15) is 6.61 Å². The van der Waals surface area contributed by atoms with Crippen LogP contribution in [0.3, 0.4) is 0 Å². The summed E-state index contributed by atoms with van der Waals surface area (Å²) in [5.41, 5.74) is 5.89. The van der Waals surface area contributed by atoms with E-state index in [1.165, 1.54) is 6.42 Å². The Morgan fingerprint density at radius 2 is 2.33 bits per heavy atom. The number of carbonyl (C=O) groups is 1. The van der Waals surface area contributed by atoms with Crippen LogP contribution in [0.25, 0.3) is 0 Å². The summed E-state index contributed by atoms with van der Waals surface area (Å²) in [7, 11) is 0. The molecule has 1 aliphatic heterocycles. The molecule has 2 N–H and O–H groups in total. The van der Waals surface area contributed by atoms with Crippen LogP contribution in [0.5, 0.6) is 0 Å². The molecule has 0 radical (unpaired) electrons. The lowest BCUT2D eigenvalue weighted by Crippen LogP contribution is -2.55. The highest BCUT2D eigenvalue weighted by molar-refractivity contribution is 5.69. The van der Waals surface area contributed by atoms with E-state index in [1.807, 2.05) is 0 Å². The van der Waals surface area contributed by atoms with Crippen LogP contribution in [0, 0.1) is 0 Å². The van der Waals surface area contributed by atoms with Gasteiger partial charge in [0.25, 0.3) is 0 Å². The summed E-state index contributed by atoms with van der Waals surface area (Å²) in [4.78, 5) is 12.7. The average molecular weight is 170 g/mol. The first-order valence-corrected chi connectivity index (χ1v) is 4.40. The van der Waals surface area contributed by atoms with Crippen molar-refractivity contribution < 1.29 is 9.53 Å². The third-order valence-corrected chi connectivity index (χ3v) is 2.70. The van der Waals surface area contributed by atoms with Crippen molar-refractivity contribution in [3.8, 4) is 0 Å². The average Bonchev–Trinajstić information content (AvgIpc) is 2.34. The molecule has 2 rings (SSSR count). The molecular weight excluding hydrogens is 156 g/mol. The molecule has 1 amide bonds. The number of nitrogens with zero attached hydrogens (tertiary/aromatic N) is 1. The molecule has 0 bridgehead atoms. The summed E-state index contributed by atoms with van der Waals surface area (Å²) >= 11 is 0. The van der Waals surface area contributed by atoms with Gasteiger partial charge in [-0.3, -0.25) is 0 Å². The van der Waals surface area contributed by atoms with Crippen LogP contribution in [0.15, 0.2) is 0 Å². The monoisotopic (exact) mass is 170 g/mol. The lowest BCUT2D eigenvalue weighted by Gasteiger charge is -2.40. The van der Waals surface area contributed by atoms with Crippen LogP contribution in [0.1, 0.15) is 19.3 Å². The highest BCUT2D eigenvalue weighted by Crippen LogP contribution is 2.30. The number of nitrogens with two attached hydrogens (primary N) is 1. The zero-order valence-electron chi connectivity index (χ0n) is 7.08. The molecule has 0 atom stereocenters. The molecule has 0 aromatic rings. The van der Waals surface area contributed by atoms with E-state index in [-0.39, 0.29) is 11.6 Å². The van der Waals surface area contributed by atoms with Crippen molar-refractivity contribution >= 4 is 6.09 Å². The molecule has 4 heteroatoms. The predicted molar refractivity (Wildman–Crippen MR) is 43.7 cm³/mol. The molecule has 0 aromatic carbocycles. The second-order valence-corrected chi connectivity index (χ2v) is 3.75. The van der Waals surface area contributed by atoms with E-state index in [9.17, 15) is 4.79 Å². The van der Waals surface area contributed by atoms with Gasteiger partial charge in [0.2, 0.25) is 0 Å². The van der Waals surface area contributed by atoms with Gasteiger partial charge in [-0.25, -0.2) is 4.79 Å². The summed E-state index contributed by atoms with van der Waals surface area (Å²) in [6, 6.07) is 0. The first-order valence-electron chi connectivity index (χ1n) is 4.40. The second-order valence-electron chi connectivity index (χ2n) is 3.75. The third kappa shape index (κ3) is 1.27. The third-order valence-electron chi connectivity index (χ3n) is 2.70. The molecule has 2 aliphatic rings. The van der Waals surface area contributed by atoms with E-state index in [0.29, 0.717) is 19.7 Å². The van der Waals surface area contributed by atoms with Gasteiger partial charge in [-0.05, 0) is 19.3 Å². The molecule has 68 valence electrons. The Hall–Kier alpha value is -0.770. The van der Waals surface area contributed by atoms with Crippen molar-refractivity contribution in [1.82, 2.24) is 4.90 Å². The molecule has 4 nitrogen and oxygen atoms in total. The Morgan fingerprint density at radius 3 is 2.75 bits per heavy atom. The first-order chi connectivity index (χ1) is 5.70. The van der Waals surface area contributed by atoms with Crippen LogP contribution < -0.4 is 5.73 Å². The Labute approximate surface area is 71.7 Å². The molecule has 0 unspecified atom stereocenters. The number of carbonyl (C=O) groups excluding carboxylic acids is 1. The van der Waals surface area contributed by atoms with Crippen LogP contribution in [-0.4, -0.2) is 36.2 Å². The van der Waals surface area contributed by atoms with Gasteiger partial charge in [0.15, 0.2) is 0 Å². The van der Waals surface area contributed by atoms with Gasteiger partial charge >= 0.3 is 6.09 Å². The molecule has 12 heavy (non-hydrogen) atoms. The Bertz CT molecular complexity index is 201. The minimum absolute atomic E-state index is 0.108. The maximum absolute atomic E-state index is 11.0. The van der Waals surface area contributed by atoms with Gasteiger partial charge in [-0.15, -0.1) is 0 Å². The lowest BCUT2D eigenvalue weighted by molar-refractivity contribution is 0.136. The number of hydrogen-bond donors (Lipinski definition) is 1. The van der Waals surface area contributed by atoms with Gasteiger partial charge in [-0.1, -0.05) is 0 Å². The quantitative estimate of drug-likeness (QED) is 0.649. The fourth-order valence-corrected chi connectivity index (χ4v) is 1.74. The van der Waals surface area contributed by atoms with Crippen molar-refractivity contribution in [2.24, 2.45) is 5.73 Å². The molecule has 1 saturated heterocycles. The van der Waals surface area contributed by atoms with Crippen molar-refractivity contribution in [2.45, 2.75) is 24.8 Å². The molecule has 0 aromatic heterocycles. The van der Waals surface area contributed by atoms with E-state index in [1.54, 1.807) is 4.90 Å². The fraction of sp³-hybridized carbons (Fsp3) is 0.875. The van der Waals surface area contributed by atoms with E-state index in [2.05, 4.69) is 0 Å². The summed E-state index contributed by atoms with van der Waals surface area (Å²) in [5.74, 6) is 0. The Kier molecular flexibility index (Phi) is 1.72. The Morgan fingerprint density at radius 1 is 1.58 bits per heavy atom. The summed E-state index contributed by atoms with van der Waals surface area (Å²) < 4.78 is 4.81. The lowest BCUT2D eigenvalue weighted by atomic mass is 9.77.